The van der Waals surface area contributed by atoms with E-state index in [1.54, 1.807) is 12.1 Å². The predicted octanol–water partition coefficient (Wildman–Crippen LogP) is 4.97. The Kier molecular flexibility index (Phi) is 4.43. The largest absolute Gasteiger partial charge is 0.381 e. The maximum atomic E-state index is 13.2. The van der Waals surface area contributed by atoms with Gasteiger partial charge in [-0.25, -0.2) is 4.39 Å². The number of hydrogen-bond donors (Lipinski definition) is 1. The van der Waals surface area contributed by atoms with Crippen LogP contribution in [-0.4, -0.2) is 6.04 Å². The summed E-state index contributed by atoms with van der Waals surface area (Å²) in [5.41, 5.74) is 0.864. The number of anilines is 1. The van der Waals surface area contributed by atoms with Crippen LogP contribution in [0, 0.1) is 11.7 Å². The van der Waals surface area contributed by atoms with Crippen molar-refractivity contribution in [2.75, 3.05) is 5.32 Å². The molecule has 1 aliphatic rings. The van der Waals surface area contributed by atoms with E-state index < -0.39 is 0 Å². The Morgan fingerprint density at radius 3 is 2.71 bits per heavy atom. The quantitative estimate of drug-likeness (QED) is 0.831. The van der Waals surface area contributed by atoms with Gasteiger partial charge >= 0.3 is 0 Å². The minimum atomic E-state index is -0.188. The molecule has 0 aromatic heterocycles. The second-order valence-electron chi connectivity index (χ2n) is 4.96. The van der Waals surface area contributed by atoms with Gasteiger partial charge < -0.3 is 5.32 Å². The summed E-state index contributed by atoms with van der Waals surface area (Å²) in [4.78, 5) is 0. The van der Waals surface area contributed by atoms with Crippen molar-refractivity contribution in [2.45, 2.75) is 45.1 Å². The van der Waals surface area contributed by atoms with Crippen LogP contribution in [0.3, 0.4) is 0 Å². The molecule has 1 nitrogen and oxygen atoms in total. The molecular weight excluding hydrogens is 281 g/mol. The Hall–Kier alpha value is -0.570. The molecule has 1 atom stereocenters. The average Bonchev–Trinajstić information content (AvgIpc) is 2.35. The van der Waals surface area contributed by atoms with Gasteiger partial charge in [-0.1, -0.05) is 19.3 Å². The minimum Gasteiger partial charge on any atom is -0.381 e. The fourth-order valence-electron chi connectivity index (χ4n) is 2.61. The van der Waals surface area contributed by atoms with Crippen molar-refractivity contribution in [3.63, 3.8) is 0 Å². The van der Waals surface area contributed by atoms with E-state index in [0.29, 0.717) is 6.04 Å². The second kappa shape index (κ2) is 5.85. The summed E-state index contributed by atoms with van der Waals surface area (Å²) >= 11 is 3.45. The molecule has 2 rings (SSSR count). The Morgan fingerprint density at radius 1 is 1.29 bits per heavy atom. The van der Waals surface area contributed by atoms with Crippen LogP contribution in [0.25, 0.3) is 0 Å². The summed E-state index contributed by atoms with van der Waals surface area (Å²) in [5, 5.41) is 3.43. The zero-order chi connectivity index (χ0) is 12.3. The topological polar surface area (TPSA) is 12.0 Å². The number of halogens is 2. The molecule has 94 valence electrons. The third-order valence-corrected chi connectivity index (χ3v) is 4.36. The van der Waals surface area contributed by atoms with Crippen LogP contribution in [0.15, 0.2) is 22.7 Å². The maximum Gasteiger partial charge on any atom is 0.125 e. The minimum absolute atomic E-state index is 0.188. The highest BCUT2D eigenvalue weighted by Crippen LogP contribution is 2.30. The molecule has 0 aliphatic heterocycles. The van der Waals surface area contributed by atoms with Gasteiger partial charge in [-0.05, 0) is 59.8 Å². The molecule has 1 fully saturated rings. The summed E-state index contributed by atoms with van der Waals surface area (Å²) < 4.78 is 14.1. The fourth-order valence-corrected chi connectivity index (χ4v) is 2.97. The summed E-state index contributed by atoms with van der Waals surface area (Å²) in [5.74, 6) is 0.533. The van der Waals surface area contributed by atoms with Gasteiger partial charge in [-0.2, -0.15) is 0 Å². The Morgan fingerprint density at radius 2 is 2.00 bits per heavy atom. The molecule has 1 N–H and O–H groups in total. The van der Waals surface area contributed by atoms with Crippen LogP contribution in [0.4, 0.5) is 10.1 Å². The molecule has 1 saturated carbocycles. The standard InChI is InChI=1S/C14H19BrFN/c1-10(11-5-3-2-4-6-11)17-14-9-12(16)7-8-13(14)15/h7-11,17H,2-6H2,1H3. The highest BCUT2D eigenvalue weighted by atomic mass is 79.9. The van der Waals surface area contributed by atoms with Gasteiger partial charge in [0, 0.05) is 10.5 Å². The fraction of sp³-hybridized carbons (Fsp3) is 0.571. The van der Waals surface area contributed by atoms with Crippen molar-refractivity contribution in [3.05, 3.63) is 28.5 Å². The molecule has 1 aliphatic carbocycles. The first-order chi connectivity index (χ1) is 8.16. The predicted molar refractivity (Wildman–Crippen MR) is 73.8 cm³/mol. The van der Waals surface area contributed by atoms with Gasteiger partial charge in [-0.3, -0.25) is 0 Å². The molecule has 1 aromatic carbocycles. The Bertz CT molecular complexity index is 374. The van der Waals surface area contributed by atoms with Crippen molar-refractivity contribution in [3.8, 4) is 0 Å². The maximum absolute atomic E-state index is 13.2. The molecule has 0 bridgehead atoms. The van der Waals surface area contributed by atoms with Gasteiger partial charge in [-0.15, -0.1) is 0 Å². The molecule has 0 radical (unpaired) electrons. The molecule has 17 heavy (non-hydrogen) atoms. The van der Waals surface area contributed by atoms with Crippen LogP contribution in [-0.2, 0) is 0 Å². The van der Waals surface area contributed by atoms with Crippen LogP contribution < -0.4 is 5.32 Å². The molecular formula is C14H19BrFN. The Labute approximate surface area is 111 Å². The van der Waals surface area contributed by atoms with Crippen molar-refractivity contribution in [1.82, 2.24) is 0 Å². The second-order valence-corrected chi connectivity index (χ2v) is 5.81. The third-order valence-electron chi connectivity index (χ3n) is 3.67. The normalized spacial score (nSPS) is 19.0. The summed E-state index contributed by atoms with van der Waals surface area (Å²) in [6.45, 7) is 2.20. The third kappa shape index (κ3) is 3.44. The van der Waals surface area contributed by atoms with E-state index in [-0.39, 0.29) is 5.82 Å². The van der Waals surface area contributed by atoms with Crippen LogP contribution >= 0.6 is 15.9 Å². The SMILES string of the molecule is CC(Nc1cc(F)ccc1Br)C1CCCCC1. The van der Waals surface area contributed by atoms with Crippen molar-refractivity contribution in [2.24, 2.45) is 5.92 Å². The zero-order valence-corrected chi connectivity index (χ0v) is 11.8. The van der Waals surface area contributed by atoms with Gasteiger partial charge in [0.05, 0.1) is 5.69 Å². The number of hydrogen-bond acceptors (Lipinski definition) is 1. The lowest BCUT2D eigenvalue weighted by Crippen LogP contribution is -2.27. The van der Waals surface area contributed by atoms with Crippen molar-refractivity contribution in [1.29, 1.82) is 0 Å². The van der Waals surface area contributed by atoms with E-state index in [1.165, 1.54) is 38.2 Å². The molecule has 1 aromatic rings. The number of rotatable bonds is 3. The summed E-state index contributed by atoms with van der Waals surface area (Å²) in [6.07, 6.45) is 6.62. The molecule has 0 amide bonds. The van der Waals surface area contributed by atoms with Crippen molar-refractivity contribution < 1.29 is 4.39 Å². The lowest BCUT2D eigenvalue weighted by molar-refractivity contribution is 0.328. The molecule has 1 unspecified atom stereocenters. The number of benzene rings is 1. The van der Waals surface area contributed by atoms with E-state index >= 15 is 0 Å². The zero-order valence-electron chi connectivity index (χ0n) is 10.2. The van der Waals surface area contributed by atoms with Crippen molar-refractivity contribution >= 4 is 21.6 Å². The lowest BCUT2D eigenvalue weighted by Gasteiger charge is -2.29. The van der Waals surface area contributed by atoms with Gasteiger partial charge in [0.15, 0.2) is 0 Å². The molecule has 3 heteroatoms. The summed E-state index contributed by atoms with van der Waals surface area (Å²) in [6, 6.07) is 5.20. The van der Waals surface area contributed by atoms with Crippen LogP contribution in [0.5, 0.6) is 0 Å². The highest BCUT2D eigenvalue weighted by molar-refractivity contribution is 9.10. The van der Waals surface area contributed by atoms with E-state index in [9.17, 15) is 4.39 Å². The first kappa shape index (κ1) is 12.9. The highest BCUT2D eigenvalue weighted by Gasteiger charge is 2.20. The van der Waals surface area contributed by atoms with E-state index in [1.807, 2.05) is 0 Å². The molecule has 0 heterocycles. The van der Waals surface area contributed by atoms with E-state index in [0.717, 1.165) is 16.1 Å². The Balaban J connectivity index is 2.01. The number of nitrogens with one attached hydrogen (secondary N) is 1. The van der Waals surface area contributed by atoms with Gasteiger partial charge in [0.25, 0.3) is 0 Å². The van der Waals surface area contributed by atoms with Crippen LogP contribution in [0.1, 0.15) is 39.0 Å². The first-order valence-corrected chi connectivity index (χ1v) is 7.17. The lowest BCUT2D eigenvalue weighted by atomic mass is 9.84. The summed E-state index contributed by atoms with van der Waals surface area (Å²) in [7, 11) is 0. The first-order valence-electron chi connectivity index (χ1n) is 6.38. The van der Waals surface area contributed by atoms with Gasteiger partial charge in [0.1, 0.15) is 5.82 Å². The smallest absolute Gasteiger partial charge is 0.125 e. The average molecular weight is 300 g/mol. The molecule has 0 spiro atoms. The molecule has 0 saturated heterocycles. The van der Waals surface area contributed by atoms with Gasteiger partial charge in [0.2, 0.25) is 0 Å². The van der Waals surface area contributed by atoms with E-state index in [4.69, 9.17) is 0 Å². The van der Waals surface area contributed by atoms with E-state index in [2.05, 4.69) is 28.2 Å². The van der Waals surface area contributed by atoms with Crippen LogP contribution in [0.2, 0.25) is 0 Å². The monoisotopic (exact) mass is 299 g/mol.